The van der Waals surface area contributed by atoms with Crippen molar-refractivity contribution in [1.29, 1.82) is 0 Å². The van der Waals surface area contributed by atoms with Gasteiger partial charge in [-0.2, -0.15) is 0 Å². The first-order valence-corrected chi connectivity index (χ1v) is 15.2. The molecular formula is C30H31Cl2N5O4S. The normalized spacial score (nSPS) is 10.8. The minimum atomic E-state index is -0.275. The van der Waals surface area contributed by atoms with E-state index < -0.39 is 0 Å². The van der Waals surface area contributed by atoms with Crippen molar-refractivity contribution in [3.05, 3.63) is 88.2 Å². The molecular weight excluding hydrogens is 597 g/mol. The van der Waals surface area contributed by atoms with Crippen LogP contribution < -0.4 is 20.1 Å². The third-order valence-electron chi connectivity index (χ3n) is 5.93. The zero-order valence-corrected chi connectivity index (χ0v) is 25.6. The number of aromatic nitrogens is 3. The second-order valence-corrected chi connectivity index (χ2v) is 10.8. The van der Waals surface area contributed by atoms with Gasteiger partial charge in [0.1, 0.15) is 11.5 Å². The van der Waals surface area contributed by atoms with E-state index >= 15 is 0 Å². The van der Waals surface area contributed by atoms with Gasteiger partial charge in [-0.25, -0.2) is 0 Å². The molecule has 2 amide bonds. The van der Waals surface area contributed by atoms with Crippen LogP contribution in [0.15, 0.2) is 71.9 Å². The van der Waals surface area contributed by atoms with Gasteiger partial charge in [0.15, 0.2) is 11.0 Å². The fourth-order valence-electron chi connectivity index (χ4n) is 3.82. The summed E-state index contributed by atoms with van der Waals surface area (Å²) in [4.78, 5) is 25.6. The number of amides is 2. The molecule has 0 atom stereocenters. The Morgan fingerprint density at radius 2 is 1.62 bits per heavy atom. The lowest BCUT2D eigenvalue weighted by atomic mass is 10.2. The van der Waals surface area contributed by atoms with Crippen LogP contribution in [0.3, 0.4) is 0 Å². The van der Waals surface area contributed by atoms with Crippen molar-refractivity contribution in [3.63, 3.8) is 0 Å². The summed E-state index contributed by atoms with van der Waals surface area (Å²) in [6, 6.07) is 19.2. The Kier molecular flexibility index (Phi) is 11.5. The van der Waals surface area contributed by atoms with Crippen LogP contribution in [-0.2, 0) is 11.3 Å². The number of halogens is 2. The predicted molar refractivity (Wildman–Crippen MR) is 166 cm³/mol. The van der Waals surface area contributed by atoms with Crippen molar-refractivity contribution >= 4 is 52.5 Å². The maximum Gasteiger partial charge on any atom is 0.251 e. The maximum absolute atomic E-state index is 12.9. The number of hydrogen-bond acceptors (Lipinski definition) is 7. The van der Waals surface area contributed by atoms with Gasteiger partial charge in [-0.05, 0) is 80.1 Å². The summed E-state index contributed by atoms with van der Waals surface area (Å²) in [5.41, 5.74) is 1.78. The molecule has 12 heteroatoms. The van der Waals surface area contributed by atoms with E-state index in [1.54, 1.807) is 71.3 Å². The van der Waals surface area contributed by atoms with E-state index in [-0.39, 0.29) is 24.1 Å². The monoisotopic (exact) mass is 627 g/mol. The van der Waals surface area contributed by atoms with Crippen molar-refractivity contribution in [2.45, 2.75) is 38.4 Å². The van der Waals surface area contributed by atoms with Gasteiger partial charge in [0.05, 0.1) is 41.2 Å². The van der Waals surface area contributed by atoms with Gasteiger partial charge in [-0.15, -0.1) is 10.2 Å². The minimum Gasteiger partial charge on any atom is -0.494 e. The summed E-state index contributed by atoms with van der Waals surface area (Å²) in [6.45, 7) is 5.29. The minimum absolute atomic E-state index is 0.0751. The molecule has 0 saturated heterocycles. The molecule has 0 bridgehead atoms. The molecule has 0 unspecified atom stereocenters. The first kappa shape index (κ1) is 31.2. The lowest BCUT2D eigenvalue weighted by Crippen LogP contribution is -2.24. The van der Waals surface area contributed by atoms with Crippen molar-refractivity contribution in [3.8, 4) is 17.2 Å². The zero-order valence-electron chi connectivity index (χ0n) is 23.2. The number of carbonyl (C=O) groups excluding carboxylic acids is 2. The molecule has 0 aliphatic rings. The van der Waals surface area contributed by atoms with Gasteiger partial charge < -0.3 is 20.1 Å². The van der Waals surface area contributed by atoms with Gasteiger partial charge in [0.25, 0.3) is 5.91 Å². The molecule has 0 spiro atoms. The highest BCUT2D eigenvalue weighted by Gasteiger charge is 2.18. The molecule has 4 rings (SSSR count). The molecule has 220 valence electrons. The van der Waals surface area contributed by atoms with Crippen molar-refractivity contribution in [1.82, 2.24) is 20.1 Å². The van der Waals surface area contributed by atoms with Crippen LogP contribution in [0.4, 0.5) is 5.69 Å². The average Bonchev–Trinajstić information content (AvgIpc) is 3.40. The van der Waals surface area contributed by atoms with Crippen molar-refractivity contribution < 1.29 is 19.1 Å². The van der Waals surface area contributed by atoms with Crippen LogP contribution in [-0.4, -0.2) is 45.5 Å². The summed E-state index contributed by atoms with van der Waals surface area (Å²) < 4.78 is 12.9. The second kappa shape index (κ2) is 15.5. The van der Waals surface area contributed by atoms with E-state index in [4.69, 9.17) is 32.7 Å². The number of nitrogens with one attached hydrogen (secondary N) is 2. The third-order valence-corrected chi connectivity index (χ3v) is 7.60. The standard InChI is InChI=1S/C30H31Cl2N5O4S/c1-3-5-16-41-24-11-6-20(7-12-24)29(39)33-18-27-35-36-30(37(27)22-10-15-25(31)26(32)17-22)42-19-28(38)34-21-8-13-23(14-9-21)40-4-2/h6-15,17H,3-5,16,18-19H2,1-2H3,(H,33,39)(H,34,38). The van der Waals surface area contributed by atoms with Gasteiger partial charge >= 0.3 is 0 Å². The third kappa shape index (κ3) is 8.64. The van der Waals surface area contributed by atoms with E-state index in [9.17, 15) is 9.59 Å². The van der Waals surface area contributed by atoms with Crippen LogP contribution in [0.5, 0.6) is 11.5 Å². The maximum atomic E-state index is 12.9. The number of benzene rings is 3. The fourth-order valence-corrected chi connectivity index (χ4v) is 4.88. The Labute approximate surface area is 258 Å². The van der Waals surface area contributed by atoms with Gasteiger partial charge in [-0.3, -0.25) is 14.2 Å². The molecule has 0 saturated carbocycles. The quantitative estimate of drug-likeness (QED) is 0.117. The molecule has 0 aliphatic heterocycles. The largest absolute Gasteiger partial charge is 0.494 e. The molecule has 2 N–H and O–H groups in total. The summed E-state index contributed by atoms with van der Waals surface area (Å²) in [5, 5.41) is 15.5. The zero-order chi connectivity index (χ0) is 29.9. The molecule has 0 radical (unpaired) electrons. The van der Waals surface area contributed by atoms with Crippen molar-refractivity contribution in [2.75, 3.05) is 24.3 Å². The van der Waals surface area contributed by atoms with Gasteiger partial charge in [0, 0.05) is 11.3 Å². The first-order valence-electron chi connectivity index (χ1n) is 13.4. The highest BCUT2D eigenvalue weighted by molar-refractivity contribution is 7.99. The molecule has 9 nitrogen and oxygen atoms in total. The van der Waals surface area contributed by atoms with Crippen molar-refractivity contribution in [2.24, 2.45) is 0 Å². The lowest BCUT2D eigenvalue weighted by molar-refractivity contribution is -0.113. The van der Waals surface area contributed by atoms with E-state index in [2.05, 4.69) is 27.8 Å². The van der Waals surface area contributed by atoms with Crippen LogP contribution in [0.2, 0.25) is 10.0 Å². The van der Waals surface area contributed by atoms with Gasteiger partial charge in [0.2, 0.25) is 5.91 Å². The summed E-state index contributed by atoms with van der Waals surface area (Å²) in [5.74, 6) is 1.48. The first-order chi connectivity index (χ1) is 20.4. The number of rotatable bonds is 14. The molecule has 3 aromatic carbocycles. The van der Waals surface area contributed by atoms with E-state index in [0.29, 0.717) is 56.9 Å². The predicted octanol–water partition coefficient (Wildman–Crippen LogP) is 6.81. The Balaban J connectivity index is 1.44. The molecule has 42 heavy (non-hydrogen) atoms. The van der Waals surface area contributed by atoms with Crippen LogP contribution in [0.1, 0.15) is 42.9 Å². The van der Waals surface area contributed by atoms with E-state index in [1.165, 1.54) is 11.8 Å². The topological polar surface area (TPSA) is 107 Å². The number of carbonyl (C=O) groups is 2. The SMILES string of the molecule is CCCCOc1ccc(C(=O)NCc2nnc(SCC(=O)Nc3ccc(OCC)cc3)n2-c2ccc(Cl)c(Cl)c2)cc1. The number of hydrogen-bond donors (Lipinski definition) is 2. The number of unbranched alkanes of at least 4 members (excludes halogenated alkanes) is 1. The fraction of sp³-hybridized carbons (Fsp3) is 0.267. The highest BCUT2D eigenvalue weighted by Crippen LogP contribution is 2.28. The number of anilines is 1. The Morgan fingerprint density at radius 3 is 2.31 bits per heavy atom. The van der Waals surface area contributed by atoms with Crippen LogP contribution >= 0.6 is 35.0 Å². The highest BCUT2D eigenvalue weighted by atomic mass is 35.5. The average molecular weight is 629 g/mol. The summed E-state index contributed by atoms with van der Waals surface area (Å²) in [7, 11) is 0. The van der Waals surface area contributed by atoms with Crippen LogP contribution in [0, 0.1) is 0 Å². The molecule has 1 heterocycles. The number of thioether (sulfide) groups is 1. The summed E-state index contributed by atoms with van der Waals surface area (Å²) >= 11 is 13.6. The van der Waals surface area contributed by atoms with E-state index in [0.717, 1.165) is 18.6 Å². The summed E-state index contributed by atoms with van der Waals surface area (Å²) in [6.07, 6.45) is 2.01. The second-order valence-electron chi connectivity index (χ2n) is 9.04. The molecule has 0 aliphatic carbocycles. The smallest absolute Gasteiger partial charge is 0.251 e. The Hall–Kier alpha value is -3.73. The molecule has 1 aromatic heterocycles. The van der Waals surface area contributed by atoms with Gasteiger partial charge in [-0.1, -0.05) is 48.3 Å². The van der Waals surface area contributed by atoms with Crippen LogP contribution in [0.25, 0.3) is 5.69 Å². The number of ether oxygens (including phenoxy) is 2. The molecule has 0 fully saturated rings. The number of nitrogens with zero attached hydrogens (tertiary/aromatic N) is 3. The lowest BCUT2D eigenvalue weighted by Gasteiger charge is -2.12. The Bertz CT molecular complexity index is 1500. The molecule has 4 aromatic rings. The Morgan fingerprint density at radius 1 is 0.905 bits per heavy atom. The van der Waals surface area contributed by atoms with E-state index in [1.807, 2.05) is 6.92 Å².